The van der Waals surface area contributed by atoms with Gasteiger partial charge < -0.3 is 24.6 Å². The number of allylic oxidation sites excluding steroid dienone is 4. The largest absolute Gasteiger partial charge is 0.472 e. The van der Waals surface area contributed by atoms with Crippen LogP contribution in [0.1, 0.15) is 187 Å². The molecule has 0 saturated carbocycles. The van der Waals surface area contributed by atoms with Gasteiger partial charge in [0.25, 0.3) is 0 Å². The van der Waals surface area contributed by atoms with Crippen molar-refractivity contribution < 1.29 is 47.8 Å². The Labute approximate surface area is 317 Å². The SMILES string of the molecule is CCCCCC/C=C\CCCCCCCC(=O)OCC(COP(=O)(O)OCC(O)CO)OC(=O)CCCCCCC/C=C\CCCCCCCCC. The van der Waals surface area contributed by atoms with Crippen molar-refractivity contribution in [3.63, 3.8) is 0 Å². The fourth-order valence-corrected chi connectivity index (χ4v) is 6.36. The number of carbonyl (C=O) groups excluding carboxylic acids is 2. The first-order valence-corrected chi connectivity index (χ1v) is 22.3. The Morgan fingerprint density at radius 2 is 0.942 bits per heavy atom. The van der Waals surface area contributed by atoms with Crippen LogP contribution in [-0.4, -0.2) is 65.7 Å². The first-order valence-electron chi connectivity index (χ1n) is 20.8. The van der Waals surface area contributed by atoms with Gasteiger partial charge in [-0.25, -0.2) is 4.57 Å². The molecule has 0 aromatic rings. The van der Waals surface area contributed by atoms with E-state index in [9.17, 15) is 24.2 Å². The third-order valence-corrected chi connectivity index (χ3v) is 9.78. The number of hydrogen-bond donors (Lipinski definition) is 3. The lowest BCUT2D eigenvalue weighted by molar-refractivity contribution is -0.161. The summed E-state index contributed by atoms with van der Waals surface area (Å²) < 4.78 is 32.6. The number of ether oxygens (including phenoxy) is 2. The van der Waals surface area contributed by atoms with E-state index in [-0.39, 0.29) is 19.4 Å². The first kappa shape index (κ1) is 50.5. The summed E-state index contributed by atoms with van der Waals surface area (Å²) in [5.74, 6) is -0.942. The number of esters is 2. The molecule has 0 heterocycles. The molecule has 11 heteroatoms. The lowest BCUT2D eigenvalue weighted by Crippen LogP contribution is -2.29. The van der Waals surface area contributed by atoms with Crippen molar-refractivity contribution in [1.29, 1.82) is 0 Å². The second-order valence-corrected chi connectivity index (χ2v) is 15.5. The topological polar surface area (TPSA) is 149 Å². The maximum absolute atomic E-state index is 12.6. The molecule has 0 amide bonds. The van der Waals surface area contributed by atoms with Crippen molar-refractivity contribution in [3.05, 3.63) is 24.3 Å². The van der Waals surface area contributed by atoms with E-state index in [1.54, 1.807) is 0 Å². The average Bonchev–Trinajstić information content (AvgIpc) is 3.13. The average molecular weight is 761 g/mol. The zero-order valence-electron chi connectivity index (χ0n) is 33.0. The molecule has 0 bridgehead atoms. The summed E-state index contributed by atoms with van der Waals surface area (Å²) in [6.45, 7) is 2.34. The van der Waals surface area contributed by atoms with E-state index < -0.39 is 51.8 Å². The second-order valence-electron chi connectivity index (χ2n) is 14.0. The molecule has 0 aliphatic carbocycles. The van der Waals surface area contributed by atoms with E-state index in [0.29, 0.717) is 12.8 Å². The zero-order valence-corrected chi connectivity index (χ0v) is 33.9. The summed E-state index contributed by atoms with van der Waals surface area (Å²) in [7, 11) is -4.61. The molecule has 0 rings (SSSR count). The van der Waals surface area contributed by atoms with Crippen LogP contribution in [0.15, 0.2) is 24.3 Å². The van der Waals surface area contributed by atoms with Crippen LogP contribution in [0.3, 0.4) is 0 Å². The van der Waals surface area contributed by atoms with E-state index in [0.717, 1.165) is 77.0 Å². The van der Waals surface area contributed by atoms with E-state index in [1.165, 1.54) is 70.6 Å². The summed E-state index contributed by atoms with van der Waals surface area (Å²) in [5, 5.41) is 18.3. The maximum Gasteiger partial charge on any atom is 0.472 e. The highest BCUT2D eigenvalue weighted by atomic mass is 31.2. The number of rotatable bonds is 39. The van der Waals surface area contributed by atoms with Crippen LogP contribution in [0.25, 0.3) is 0 Å². The van der Waals surface area contributed by atoms with Gasteiger partial charge in [0.05, 0.1) is 19.8 Å². The van der Waals surface area contributed by atoms with E-state index in [4.69, 9.17) is 19.1 Å². The minimum Gasteiger partial charge on any atom is -0.462 e. The highest BCUT2D eigenvalue weighted by molar-refractivity contribution is 7.47. The van der Waals surface area contributed by atoms with E-state index in [1.807, 2.05) is 0 Å². The van der Waals surface area contributed by atoms with Crippen LogP contribution in [0.4, 0.5) is 0 Å². The fourth-order valence-electron chi connectivity index (χ4n) is 5.57. The first-order chi connectivity index (χ1) is 25.2. The molecule has 10 nitrogen and oxygen atoms in total. The molecule has 0 aromatic heterocycles. The molecule has 0 fully saturated rings. The highest BCUT2D eigenvalue weighted by Crippen LogP contribution is 2.43. The Bertz CT molecular complexity index is 925. The maximum atomic E-state index is 12.6. The molecule has 0 aliphatic rings. The molecule has 0 aliphatic heterocycles. The van der Waals surface area contributed by atoms with Crippen LogP contribution in [-0.2, 0) is 32.7 Å². The van der Waals surface area contributed by atoms with E-state index >= 15 is 0 Å². The van der Waals surface area contributed by atoms with Crippen molar-refractivity contribution in [2.45, 2.75) is 199 Å². The number of aliphatic hydroxyl groups is 2. The second kappa shape index (κ2) is 37.8. The molecule has 0 spiro atoms. The van der Waals surface area contributed by atoms with Crippen molar-refractivity contribution in [1.82, 2.24) is 0 Å². The molecule has 306 valence electrons. The van der Waals surface area contributed by atoms with E-state index in [2.05, 4.69) is 42.7 Å². The summed E-state index contributed by atoms with van der Waals surface area (Å²) in [5.41, 5.74) is 0. The number of hydrogen-bond acceptors (Lipinski definition) is 9. The zero-order chi connectivity index (χ0) is 38.4. The predicted octanol–water partition coefficient (Wildman–Crippen LogP) is 10.6. The molecule has 0 radical (unpaired) electrons. The minimum absolute atomic E-state index is 0.174. The van der Waals surface area contributed by atoms with Gasteiger partial charge in [-0.05, 0) is 64.2 Å². The number of phosphoric acid groups is 1. The smallest absolute Gasteiger partial charge is 0.462 e. The molecular formula is C41H77O10P. The molecule has 3 N–H and O–H groups in total. The van der Waals surface area contributed by atoms with Gasteiger partial charge >= 0.3 is 19.8 Å². The lowest BCUT2D eigenvalue weighted by Gasteiger charge is -2.20. The van der Waals surface area contributed by atoms with Crippen molar-refractivity contribution >= 4 is 19.8 Å². The van der Waals surface area contributed by atoms with Gasteiger partial charge in [-0.15, -0.1) is 0 Å². The quantitative estimate of drug-likeness (QED) is 0.0239. The lowest BCUT2D eigenvalue weighted by atomic mass is 10.1. The fraction of sp³-hybridized carbons (Fsp3) is 0.854. The van der Waals surface area contributed by atoms with Crippen molar-refractivity contribution in [2.75, 3.05) is 26.4 Å². The molecule has 0 saturated heterocycles. The van der Waals surface area contributed by atoms with Gasteiger partial charge in [0.2, 0.25) is 0 Å². The Morgan fingerprint density at radius 1 is 0.558 bits per heavy atom. The number of unbranched alkanes of at least 4 members (excludes halogenated alkanes) is 21. The van der Waals surface area contributed by atoms with Crippen LogP contribution in [0.5, 0.6) is 0 Å². The molecule has 52 heavy (non-hydrogen) atoms. The van der Waals surface area contributed by atoms with Gasteiger partial charge in [-0.2, -0.15) is 0 Å². The van der Waals surface area contributed by atoms with Gasteiger partial charge in [0.15, 0.2) is 6.10 Å². The van der Waals surface area contributed by atoms with Gasteiger partial charge in [-0.3, -0.25) is 18.6 Å². The number of phosphoric ester groups is 1. The van der Waals surface area contributed by atoms with Crippen LogP contribution in [0.2, 0.25) is 0 Å². The monoisotopic (exact) mass is 761 g/mol. The third-order valence-electron chi connectivity index (χ3n) is 8.83. The Balaban J connectivity index is 4.34. The van der Waals surface area contributed by atoms with Crippen LogP contribution < -0.4 is 0 Å². The summed E-state index contributed by atoms with van der Waals surface area (Å²) >= 11 is 0. The molecule has 0 aromatic carbocycles. The van der Waals surface area contributed by atoms with Crippen LogP contribution >= 0.6 is 7.82 Å². The van der Waals surface area contributed by atoms with Gasteiger partial charge in [-0.1, -0.05) is 134 Å². The van der Waals surface area contributed by atoms with Gasteiger partial charge in [0.1, 0.15) is 12.7 Å². The van der Waals surface area contributed by atoms with Crippen LogP contribution in [0, 0.1) is 0 Å². The predicted molar refractivity (Wildman–Crippen MR) is 210 cm³/mol. The van der Waals surface area contributed by atoms with Crippen molar-refractivity contribution in [3.8, 4) is 0 Å². The number of carbonyl (C=O) groups is 2. The Morgan fingerprint density at radius 3 is 1.40 bits per heavy atom. The standard InChI is InChI=1S/C41H77O10P/c1-3-5-7-9-11-13-15-17-18-19-21-23-25-27-29-31-33-41(45)51-39(37-50-52(46,47)49-35-38(43)34-42)36-48-40(44)32-30-28-26-24-22-20-16-14-12-10-8-6-4-2/h14,16,18-19,38-39,42-43H,3-13,15,17,20-37H2,1-2H3,(H,46,47)/b16-14-,19-18-. The molecule has 3 atom stereocenters. The number of aliphatic hydroxyl groups excluding tert-OH is 2. The summed E-state index contributed by atoms with van der Waals surface area (Å²) in [6.07, 6.45) is 35.7. The van der Waals surface area contributed by atoms with Gasteiger partial charge in [0, 0.05) is 12.8 Å². The Kier molecular flexibility index (Phi) is 36.6. The highest BCUT2D eigenvalue weighted by Gasteiger charge is 2.27. The van der Waals surface area contributed by atoms with Crippen molar-refractivity contribution in [2.24, 2.45) is 0 Å². The normalized spacial score (nSPS) is 14.2. The third kappa shape index (κ3) is 36.8. The molecule has 3 unspecified atom stereocenters. The Hall–Kier alpha value is -1.55. The summed E-state index contributed by atoms with van der Waals surface area (Å²) in [4.78, 5) is 34.9. The molecular weight excluding hydrogens is 683 g/mol. The minimum atomic E-state index is -4.61. The summed E-state index contributed by atoms with van der Waals surface area (Å²) in [6, 6.07) is 0.